The Bertz CT molecular complexity index is 770. The SMILES string of the molecule is [C-]#[N+]c1cnc2ccc(-c3cccnc3Cl)cn12. The van der Waals surface area contributed by atoms with E-state index in [2.05, 4.69) is 14.8 Å². The van der Waals surface area contributed by atoms with E-state index in [4.69, 9.17) is 18.2 Å². The minimum Gasteiger partial charge on any atom is -0.362 e. The lowest BCUT2D eigenvalue weighted by molar-refractivity contribution is 1.20. The number of hydrogen-bond acceptors (Lipinski definition) is 2. The summed E-state index contributed by atoms with van der Waals surface area (Å²) in [5.74, 6) is 0.479. The molecule has 0 saturated heterocycles. The standard InChI is InChI=1S/C13H7ClN4/c1-15-12-7-17-11-5-4-9(8-18(11)12)10-3-2-6-16-13(10)14/h2-8H. The quantitative estimate of drug-likeness (QED) is 0.491. The number of halogens is 1. The van der Waals surface area contributed by atoms with Crippen molar-refractivity contribution in [2.45, 2.75) is 0 Å². The van der Waals surface area contributed by atoms with Crippen LogP contribution in [0.2, 0.25) is 5.15 Å². The Hall–Kier alpha value is -2.38. The van der Waals surface area contributed by atoms with Crippen LogP contribution in [0.15, 0.2) is 42.9 Å². The highest BCUT2D eigenvalue weighted by Gasteiger charge is 2.09. The lowest BCUT2D eigenvalue weighted by atomic mass is 10.1. The van der Waals surface area contributed by atoms with Gasteiger partial charge in [-0.1, -0.05) is 18.2 Å². The molecule has 0 aromatic carbocycles. The van der Waals surface area contributed by atoms with Gasteiger partial charge in [-0.05, 0) is 18.2 Å². The van der Waals surface area contributed by atoms with Crippen LogP contribution < -0.4 is 0 Å². The number of fused-ring (bicyclic) bond motifs is 1. The van der Waals surface area contributed by atoms with E-state index < -0.39 is 0 Å². The van der Waals surface area contributed by atoms with Crippen molar-refractivity contribution in [3.05, 3.63) is 59.4 Å². The molecule has 0 bridgehead atoms. The summed E-state index contributed by atoms with van der Waals surface area (Å²) in [5, 5.41) is 0.446. The van der Waals surface area contributed by atoms with Crippen molar-refractivity contribution >= 4 is 23.1 Å². The van der Waals surface area contributed by atoms with E-state index in [1.165, 1.54) is 0 Å². The third-order valence-corrected chi connectivity index (χ3v) is 2.97. The molecule has 5 heteroatoms. The van der Waals surface area contributed by atoms with Crippen molar-refractivity contribution in [3.63, 3.8) is 0 Å². The van der Waals surface area contributed by atoms with Crippen molar-refractivity contribution in [2.75, 3.05) is 0 Å². The van der Waals surface area contributed by atoms with E-state index in [9.17, 15) is 0 Å². The fraction of sp³-hybridized carbons (Fsp3) is 0. The lowest BCUT2D eigenvalue weighted by Gasteiger charge is -2.02. The molecule has 0 fully saturated rings. The summed E-state index contributed by atoms with van der Waals surface area (Å²) in [6.07, 6.45) is 5.04. The summed E-state index contributed by atoms with van der Waals surface area (Å²) in [7, 11) is 0. The van der Waals surface area contributed by atoms with E-state index in [0.717, 1.165) is 16.8 Å². The van der Waals surface area contributed by atoms with Gasteiger partial charge in [-0.15, -0.1) is 0 Å². The van der Waals surface area contributed by atoms with Gasteiger partial charge in [0, 0.05) is 23.4 Å². The second-order valence-electron chi connectivity index (χ2n) is 3.72. The van der Waals surface area contributed by atoms with E-state index >= 15 is 0 Å². The third kappa shape index (κ3) is 1.62. The monoisotopic (exact) mass is 254 g/mol. The molecule has 18 heavy (non-hydrogen) atoms. The zero-order valence-corrected chi connectivity index (χ0v) is 9.96. The molecule has 0 aliphatic rings. The van der Waals surface area contributed by atoms with Crippen molar-refractivity contribution in [2.24, 2.45) is 0 Å². The Kier molecular flexibility index (Phi) is 2.47. The first-order valence-electron chi connectivity index (χ1n) is 5.25. The van der Waals surface area contributed by atoms with Crippen LogP contribution >= 0.6 is 11.6 Å². The molecular formula is C13H7ClN4. The van der Waals surface area contributed by atoms with Crippen LogP contribution in [-0.4, -0.2) is 14.4 Å². The Morgan fingerprint density at radius 2 is 2.11 bits per heavy atom. The van der Waals surface area contributed by atoms with Gasteiger partial charge in [0.1, 0.15) is 5.15 Å². The van der Waals surface area contributed by atoms with Gasteiger partial charge >= 0.3 is 0 Å². The molecule has 3 heterocycles. The lowest BCUT2D eigenvalue weighted by Crippen LogP contribution is -1.88. The predicted octanol–water partition coefficient (Wildman–Crippen LogP) is 3.60. The van der Waals surface area contributed by atoms with Crippen LogP contribution in [0.5, 0.6) is 0 Å². The van der Waals surface area contributed by atoms with E-state index in [0.29, 0.717) is 11.0 Å². The summed E-state index contributed by atoms with van der Waals surface area (Å²) >= 11 is 6.06. The number of rotatable bonds is 1. The molecule has 0 amide bonds. The summed E-state index contributed by atoms with van der Waals surface area (Å²) in [6, 6.07) is 7.49. The maximum atomic E-state index is 7.09. The van der Waals surface area contributed by atoms with Gasteiger partial charge in [-0.25, -0.2) is 14.4 Å². The van der Waals surface area contributed by atoms with Gasteiger partial charge in [0.05, 0.1) is 12.4 Å². The molecule has 0 N–H and O–H groups in total. The Morgan fingerprint density at radius 1 is 1.22 bits per heavy atom. The number of imidazole rings is 1. The topological polar surface area (TPSA) is 34.5 Å². The first-order chi connectivity index (χ1) is 8.79. The zero-order chi connectivity index (χ0) is 12.5. The van der Waals surface area contributed by atoms with Gasteiger partial charge in [0.2, 0.25) is 5.65 Å². The normalized spacial score (nSPS) is 10.4. The molecular weight excluding hydrogens is 248 g/mol. The summed E-state index contributed by atoms with van der Waals surface area (Å²) in [6.45, 7) is 7.09. The molecule has 3 rings (SSSR count). The van der Waals surface area contributed by atoms with Gasteiger partial charge in [-0.2, -0.15) is 0 Å². The zero-order valence-electron chi connectivity index (χ0n) is 9.21. The molecule has 0 atom stereocenters. The molecule has 4 nitrogen and oxygen atoms in total. The molecule has 0 aliphatic carbocycles. The highest BCUT2D eigenvalue weighted by molar-refractivity contribution is 6.32. The van der Waals surface area contributed by atoms with Gasteiger partial charge in [0.15, 0.2) is 0 Å². The van der Waals surface area contributed by atoms with Crippen LogP contribution in [0.3, 0.4) is 0 Å². The Morgan fingerprint density at radius 3 is 2.89 bits per heavy atom. The van der Waals surface area contributed by atoms with Crippen molar-refractivity contribution < 1.29 is 0 Å². The molecule has 0 unspecified atom stereocenters. The fourth-order valence-electron chi connectivity index (χ4n) is 1.81. The van der Waals surface area contributed by atoms with Gasteiger partial charge in [-0.3, -0.25) is 0 Å². The van der Waals surface area contributed by atoms with Crippen LogP contribution in [0, 0.1) is 6.57 Å². The Balaban J connectivity index is 2.25. The third-order valence-electron chi connectivity index (χ3n) is 2.67. The average molecular weight is 255 g/mol. The highest BCUT2D eigenvalue weighted by Crippen LogP contribution is 2.27. The van der Waals surface area contributed by atoms with Crippen LogP contribution in [0.4, 0.5) is 5.82 Å². The largest absolute Gasteiger partial charge is 0.362 e. The smallest absolute Gasteiger partial charge is 0.254 e. The molecule has 86 valence electrons. The second kappa shape index (κ2) is 4.13. The number of pyridine rings is 2. The molecule has 3 aromatic heterocycles. The fourth-order valence-corrected chi connectivity index (χ4v) is 2.04. The van der Waals surface area contributed by atoms with Crippen molar-refractivity contribution in [3.8, 4) is 11.1 Å². The molecule has 0 radical (unpaired) electrons. The first-order valence-corrected chi connectivity index (χ1v) is 5.63. The first kappa shape index (κ1) is 10.8. The number of hydrogen-bond donors (Lipinski definition) is 0. The van der Waals surface area contributed by atoms with E-state index in [1.807, 2.05) is 30.5 Å². The minimum absolute atomic E-state index is 0.446. The maximum absolute atomic E-state index is 7.09. The summed E-state index contributed by atoms with van der Waals surface area (Å²) in [4.78, 5) is 11.6. The second-order valence-corrected chi connectivity index (χ2v) is 4.07. The van der Waals surface area contributed by atoms with Crippen molar-refractivity contribution in [1.82, 2.24) is 14.4 Å². The molecule has 0 saturated carbocycles. The average Bonchev–Trinajstić information content (AvgIpc) is 2.81. The maximum Gasteiger partial charge on any atom is 0.254 e. The number of nitrogens with zero attached hydrogens (tertiary/aromatic N) is 4. The van der Waals surface area contributed by atoms with E-state index in [-0.39, 0.29) is 0 Å². The predicted molar refractivity (Wildman–Crippen MR) is 69.7 cm³/mol. The van der Waals surface area contributed by atoms with Gasteiger partial charge < -0.3 is 4.85 Å². The highest BCUT2D eigenvalue weighted by atomic mass is 35.5. The minimum atomic E-state index is 0.446. The number of aromatic nitrogens is 3. The van der Waals surface area contributed by atoms with Gasteiger partial charge in [0.25, 0.3) is 5.82 Å². The molecule has 3 aromatic rings. The van der Waals surface area contributed by atoms with Crippen LogP contribution in [0.1, 0.15) is 0 Å². The molecule has 0 aliphatic heterocycles. The van der Waals surface area contributed by atoms with Crippen LogP contribution in [0.25, 0.3) is 21.6 Å². The summed E-state index contributed by atoms with van der Waals surface area (Å²) in [5.41, 5.74) is 2.49. The molecule has 0 spiro atoms. The summed E-state index contributed by atoms with van der Waals surface area (Å²) < 4.78 is 1.74. The van der Waals surface area contributed by atoms with Crippen LogP contribution in [-0.2, 0) is 0 Å². The Labute approximate surface area is 108 Å². The van der Waals surface area contributed by atoms with E-state index in [1.54, 1.807) is 16.8 Å². The van der Waals surface area contributed by atoms with Crippen molar-refractivity contribution in [1.29, 1.82) is 0 Å².